The van der Waals surface area contributed by atoms with Gasteiger partial charge in [0.2, 0.25) is 5.91 Å². The molecular weight excluding hydrogens is 616 g/mol. The van der Waals surface area contributed by atoms with Crippen LogP contribution in [0.25, 0.3) is 0 Å². The number of nitro groups is 1. The number of nitrogens with one attached hydrogen (secondary N) is 1. The first-order valence-electron chi connectivity index (χ1n) is 16.3. The normalized spacial score (nSPS) is 19.5. The number of hydrogen-bond acceptors (Lipinski definition) is 9. The zero-order valence-electron chi connectivity index (χ0n) is 27.2. The Morgan fingerprint density at radius 2 is 1.81 bits per heavy atom. The highest BCUT2D eigenvalue weighted by atomic mass is 16.6. The molecule has 5 rings (SSSR count). The van der Waals surface area contributed by atoms with Gasteiger partial charge in [0.15, 0.2) is 5.60 Å². The van der Waals surface area contributed by atoms with Gasteiger partial charge >= 0.3 is 0 Å². The molecule has 0 bridgehead atoms. The van der Waals surface area contributed by atoms with Gasteiger partial charge in [-0.25, -0.2) is 0 Å². The van der Waals surface area contributed by atoms with Crippen molar-refractivity contribution in [2.75, 3.05) is 36.2 Å². The highest BCUT2D eigenvalue weighted by Gasteiger charge is 2.53. The molecule has 0 saturated heterocycles. The van der Waals surface area contributed by atoms with Crippen molar-refractivity contribution in [3.8, 4) is 5.75 Å². The lowest BCUT2D eigenvalue weighted by Gasteiger charge is -2.35. The first kappa shape index (κ1) is 34.7. The number of carbonyl (C=O) groups excluding carboxylic acids is 2. The number of aliphatic hydroxyl groups is 3. The summed E-state index contributed by atoms with van der Waals surface area (Å²) in [6.07, 6.45) is 5.51. The van der Waals surface area contributed by atoms with Crippen LogP contribution in [-0.2, 0) is 28.2 Å². The minimum absolute atomic E-state index is 0.0800. The Bertz CT molecular complexity index is 1680. The first-order valence-corrected chi connectivity index (χ1v) is 16.3. The van der Waals surface area contributed by atoms with Crippen LogP contribution in [0.1, 0.15) is 49.8 Å². The van der Waals surface area contributed by atoms with E-state index in [0.717, 1.165) is 29.0 Å². The quantitative estimate of drug-likeness (QED) is 0.0808. The summed E-state index contributed by atoms with van der Waals surface area (Å²) >= 11 is 0. The average Bonchev–Trinajstić information content (AvgIpc) is 3.29. The molecule has 0 aromatic heterocycles. The lowest BCUT2D eigenvalue weighted by atomic mass is 9.82. The Morgan fingerprint density at radius 3 is 2.50 bits per heavy atom. The molecule has 0 saturated carbocycles. The number of non-ortho nitro benzene ring substituents is 1. The Kier molecular flexibility index (Phi) is 10.9. The Morgan fingerprint density at radius 1 is 1.06 bits per heavy atom. The second kappa shape index (κ2) is 15.1. The van der Waals surface area contributed by atoms with E-state index in [4.69, 9.17) is 9.84 Å². The third-order valence-corrected chi connectivity index (χ3v) is 8.90. The maximum atomic E-state index is 13.9. The van der Waals surface area contributed by atoms with Crippen LogP contribution in [0, 0.1) is 16.0 Å². The van der Waals surface area contributed by atoms with Gasteiger partial charge in [-0.2, -0.15) is 0 Å². The van der Waals surface area contributed by atoms with Gasteiger partial charge < -0.3 is 30.3 Å². The SMILES string of the molecule is CCOc1ccc2c(c1)CC(NCCCCO)C(=O)N2c1ccc(CN2C(=O)[C@](O)([C@H](C)/C=C/CCO)c3cc([N+](=O)[O-])ccc32)cc1. The van der Waals surface area contributed by atoms with E-state index in [1.54, 1.807) is 24.0 Å². The van der Waals surface area contributed by atoms with E-state index in [9.17, 15) is 29.9 Å². The lowest BCUT2D eigenvalue weighted by molar-refractivity contribution is -0.385. The Balaban J connectivity index is 1.44. The number of nitro benzene ring substituents is 1. The van der Waals surface area contributed by atoms with E-state index in [-0.39, 0.29) is 36.9 Å². The van der Waals surface area contributed by atoms with Gasteiger partial charge in [-0.1, -0.05) is 31.2 Å². The maximum absolute atomic E-state index is 13.9. The first-order chi connectivity index (χ1) is 23.1. The van der Waals surface area contributed by atoms with E-state index < -0.39 is 28.4 Å². The molecule has 3 aromatic rings. The number of carbonyl (C=O) groups is 2. The summed E-state index contributed by atoms with van der Waals surface area (Å²) in [5.74, 6) is -0.729. The molecule has 48 heavy (non-hydrogen) atoms. The number of anilines is 3. The van der Waals surface area contributed by atoms with Crippen LogP contribution < -0.4 is 19.9 Å². The van der Waals surface area contributed by atoms with Crippen molar-refractivity contribution < 1.29 is 34.6 Å². The number of aliphatic hydroxyl groups excluding tert-OH is 2. The van der Waals surface area contributed by atoms with Gasteiger partial charge in [-0.15, -0.1) is 0 Å². The van der Waals surface area contributed by atoms with Crippen molar-refractivity contribution in [2.24, 2.45) is 5.92 Å². The van der Waals surface area contributed by atoms with Crippen LogP contribution in [0.15, 0.2) is 72.8 Å². The third-order valence-electron chi connectivity index (χ3n) is 8.90. The van der Waals surface area contributed by atoms with Crippen LogP contribution in [0.5, 0.6) is 5.75 Å². The predicted octanol–water partition coefficient (Wildman–Crippen LogP) is 4.25. The fourth-order valence-corrected chi connectivity index (χ4v) is 6.37. The number of nitrogens with zero attached hydrogens (tertiary/aromatic N) is 3. The van der Waals surface area contributed by atoms with Gasteiger partial charge in [0.05, 0.1) is 35.5 Å². The number of amides is 2. The van der Waals surface area contributed by atoms with Crippen molar-refractivity contribution in [3.63, 3.8) is 0 Å². The van der Waals surface area contributed by atoms with Crippen molar-refractivity contribution in [2.45, 2.75) is 57.7 Å². The molecule has 3 aromatic carbocycles. The van der Waals surface area contributed by atoms with Crippen LogP contribution in [-0.4, -0.2) is 64.5 Å². The summed E-state index contributed by atoms with van der Waals surface area (Å²) in [5, 5.41) is 45.1. The van der Waals surface area contributed by atoms with Crippen LogP contribution in [0.3, 0.4) is 0 Å². The number of rotatable bonds is 15. The molecule has 1 unspecified atom stereocenters. The summed E-state index contributed by atoms with van der Waals surface area (Å²) in [4.78, 5) is 41.9. The summed E-state index contributed by atoms with van der Waals surface area (Å²) in [6.45, 7) is 4.75. The second-order valence-electron chi connectivity index (χ2n) is 12.1. The minimum Gasteiger partial charge on any atom is -0.494 e. The summed E-state index contributed by atoms with van der Waals surface area (Å²) < 4.78 is 5.72. The fourth-order valence-electron chi connectivity index (χ4n) is 6.37. The molecule has 2 heterocycles. The molecule has 0 radical (unpaired) electrons. The van der Waals surface area contributed by atoms with Crippen molar-refractivity contribution in [1.29, 1.82) is 0 Å². The molecule has 2 aliphatic rings. The van der Waals surface area contributed by atoms with Crippen molar-refractivity contribution in [1.82, 2.24) is 5.32 Å². The van der Waals surface area contributed by atoms with E-state index in [2.05, 4.69) is 5.32 Å². The molecule has 0 spiro atoms. The van der Waals surface area contributed by atoms with E-state index >= 15 is 0 Å². The summed E-state index contributed by atoms with van der Waals surface area (Å²) in [5.41, 5.74) is 1.31. The highest BCUT2D eigenvalue weighted by Crippen LogP contribution is 2.47. The van der Waals surface area contributed by atoms with Crippen molar-refractivity contribution >= 4 is 34.6 Å². The molecule has 12 heteroatoms. The molecular formula is C36H42N4O8. The fraction of sp³-hybridized carbons (Fsp3) is 0.389. The number of benzene rings is 3. The zero-order chi connectivity index (χ0) is 34.4. The van der Waals surface area contributed by atoms with E-state index in [0.29, 0.717) is 43.8 Å². The minimum atomic E-state index is -2.04. The van der Waals surface area contributed by atoms with Gasteiger partial charge in [-0.05, 0) is 86.7 Å². The molecule has 12 nitrogen and oxygen atoms in total. The Labute approximate surface area is 279 Å². The zero-order valence-corrected chi connectivity index (χ0v) is 27.2. The molecule has 254 valence electrons. The van der Waals surface area contributed by atoms with Crippen LogP contribution in [0.2, 0.25) is 0 Å². The maximum Gasteiger partial charge on any atom is 0.269 e. The number of fused-ring (bicyclic) bond motifs is 2. The summed E-state index contributed by atoms with van der Waals surface area (Å²) in [6, 6.07) is 16.5. The van der Waals surface area contributed by atoms with Crippen molar-refractivity contribution in [3.05, 3.63) is 99.6 Å². The van der Waals surface area contributed by atoms with Gasteiger partial charge in [0, 0.05) is 42.5 Å². The van der Waals surface area contributed by atoms with E-state index in [1.165, 1.54) is 23.1 Å². The lowest BCUT2D eigenvalue weighted by Crippen LogP contribution is -2.49. The highest BCUT2D eigenvalue weighted by molar-refractivity contribution is 6.08. The molecule has 3 atom stereocenters. The smallest absolute Gasteiger partial charge is 0.269 e. The largest absolute Gasteiger partial charge is 0.494 e. The number of unbranched alkanes of at least 4 members (excludes halogenated alkanes) is 1. The van der Waals surface area contributed by atoms with Gasteiger partial charge in [-0.3, -0.25) is 24.6 Å². The van der Waals surface area contributed by atoms with Crippen LogP contribution in [0.4, 0.5) is 22.7 Å². The standard InChI is InChI=1S/C36H42N4O8/c1-3-48-29-14-16-32-26(20-29)21-31(37-17-5-7-19-42)34(43)39(32)27-11-9-25(10-12-27)23-38-33-15-13-28(40(46)47)22-30(33)36(45,35(38)44)24(2)8-4-6-18-41/h4,8-16,20,22,24,31,37,41-42,45H,3,5-7,17-19,21,23H2,1-2H3/b8-4+/t24-,31?,36+/m1/s1. The van der Waals surface area contributed by atoms with E-state index in [1.807, 2.05) is 49.4 Å². The number of hydrogen-bond donors (Lipinski definition) is 4. The summed E-state index contributed by atoms with van der Waals surface area (Å²) in [7, 11) is 0. The monoisotopic (exact) mass is 658 g/mol. The van der Waals surface area contributed by atoms with Crippen LogP contribution >= 0.6 is 0 Å². The Hall–Kier alpha value is -4.62. The molecule has 0 fully saturated rings. The molecule has 0 aliphatic carbocycles. The molecule has 4 N–H and O–H groups in total. The average molecular weight is 659 g/mol. The predicted molar refractivity (Wildman–Crippen MR) is 181 cm³/mol. The molecule has 2 aliphatic heterocycles. The van der Waals surface area contributed by atoms with Gasteiger partial charge in [0.25, 0.3) is 11.6 Å². The third kappa shape index (κ3) is 6.83. The van der Waals surface area contributed by atoms with Gasteiger partial charge in [0.1, 0.15) is 5.75 Å². The second-order valence-corrected chi connectivity index (χ2v) is 12.1. The molecule has 2 amide bonds. The number of ether oxygens (including phenoxy) is 1. The topological polar surface area (TPSA) is 166 Å².